The van der Waals surface area contributed by atoms with E-state index in [1.165, 1.54) is 32.7 Å². The predicted molar refractivity (Wildman–Crippen MR) is 172 cm³/mol. The topological polar surface area (TPSA) is 18.5 Å². The predicted octanol–water partition coefficient (Wildman–Crippen LogP) is 11.0. The standard InChI is InChI=1S/C34H46O2Si2/c1-23-13-17-27-25(21-23)15-19-29(35-37(9,10)33(3,4)5)31(27)32-28-18-14-24(2)22-26(28)16-20-30(32)36-38(11,12)34(6,7)8/h13-22H,1-12H3. The van der Waals surface area contributed by atoms with Crippen LogP contribution in [0.5, 0.6) is 11.5 Å². The molecule has 2 nitrogen and oxygen atoms in total. The van der Waals surface area contributed by atoms with Crippen molar-refractivity contribution >= 4 is 38.2 Å². The summed E-state index contributed by atoms with van der Waals surface area (Å²) < 4.78 is 14.2. The normalized spacial score (nSPS) is 13.3. The van der Waals surface area contributed by atoms with Crippen LogP contribution < -0.4 is 8.85 Å². The van der Waals surface area contributed by atoms with Gasteiger partial charge in [0.2, 0.25) is 0 Å². The van der Waals surface area contributed by atoms with Gasteiger partial charge in [0.05, 0.1) is 0 Å². The van der Waals surface area contributed by atoms with Gasteiger partial charge in [0.25, 0.3) is 16.6 Å². The molecule has 0 bridgehead atoms. The minimum absolute atomic E-state index is 0.0862. The Hall–Kier alpha value is -2.57. The van der Waals surface area contributed by atoms with Gasteiger partial charge < -0.3 is 8.85 Å². The first-order valence-electron chi connectivity index (χ1n) is 13.9. The Morgan fingerprint density at radius 1 is 0.500 bits per heavy atom. The summed E-state index contributed by atoms with van der Waals surface area (Å²) in [5, 5.41) is 5.04. The van der Waals surface area contributed by atoms with Crippen LogP contribution >= 0.6 is 0 Å². The van der Waals surface area contributed by atoms with Gasteiger partial charge in [0.1, 0.15) is 11.5 Å². The second kappa shape index (κ2) is 9.57. The van der Waals surface area contributed by atoms with Crippen molar-refractivity contribution in [2.75, 3.05) is 0 Å². The largest absolute Gasteiger partial charge is 0.543 e. The van der Waals surface area contributed by atoms with Crippen molar-refractivity contribution in [1.82, 2.24) is 0 Å². The summed E-state index contributed by atoms with van der Waals surface area (Å²) in [6, 6.07) is 22.3. The Kier molecular flexibility index (Phi) is 7.16. The lowest BCUT2D eigenvalue weighted by atomic mass is 9.91. The molecule has 0 atom stereocenters. The first kappa shape index (κ1) is 28.4. The Labute approximate surface area is 232 Å². The molecule has 0 radical (unpaired) electrons. The smallest absolute Gasteiger partial charge is 0.250 e. The minimum Gasteiger partial charge on any atom is -0.543 e. The molecule has 0 aliphatic rings. The van der Waals surface area contributed by atoms with Gasteiger partial charge in [-0.05, 0) is 83.8 Å². The molecule has 0 saturated heterocycles. The molecule has 202 valence electrons. The molecule has 4 rings (SSSR count). The van der Waals surface area contributed by atoms with E-state index in [0.717, 1.165) is 22.6 Å². The average molecular weight is 543 g/mol. The highest BCUT2D eigenvalue weighted by Gasteiger charge is 2.41. The monoisotopic (exact) mass is 542 g/mol. The van der Waals surface area contributed by atoms with E-state index >= 15 is 0 Å². The van der Waals surface area contributed by atoms with Crippen LogP contribution in [0.25, 0.3) is 32.7 Å². The van der Waals surface area contributed by atoms with E-state index in [1.807, 2.05) is 0 Å². The molecule has 0 N–H and O–H groups in total. The van der Waals surface area contributed by atoms with Crippen molar-refractivity contribution in [3.05, 3.63) is 71.8 Å². The molecule has 0 aliphatic carbocycles. The number of hydrogen-bond donors (Lipinski definition) is 0. The lowest BCUT2D eigenvalue weighted by Gasteiger charge is -2.38. The second-order valence-corrected chi connectivity index (χ2v) is 23.5. The molecule has 4 heteroatoms. The molecular formula is C34H46O2Si2. The first-order valence-corrected chi connectivity index (χ1v) is 19.7. The van der Waals surface area contributed by atoms with E-state index in [0.29, 0.717) is 0 Å². The first-order chi connectivity index (χ1) is 17.4. The average Bonchev–Trinajstić information content (AvgIpc) is 2.77. The molecule has 0 fully saturated rings. The van der Waals surface area contributed by atoms with E-state index in [1.54, 1.807) is 0 Å². The van der Waals surface area contributed by atoms with Gasteiger partial charge in [0, 0.05) is 11.1 Å². The van der Waals surface area contributed by atoms with Crippen molar-refractivity contribution in [2.45, 2.75) is 91.7 Å². The van der Waals surface area contributed by atoms with Crippen LogP contribution in [0.4, 0.5) is 0 Å². The summed E-state index contributed by atoms with van der Waals surface area (Å²) in [6.07, 6.45) is 0. The maximum Gasteiger partial charge on any atom is 0.250 e. The summed E-state index contributed by atoms with van der Waals surface area (Å²) in [7, 11) is -4.22. The van der Waals surface area contributed by atoms with Gasteiger partial charge in [-0.15, -0.1) is 0 Å². The van der Waals surface area contributed by atoms with Crippen molar-refractivity contribution in [2.24, 2.45) is 0 Å². The third-order valence-electron chi connectivity index (χ3n) is 8.87. The van der Waals surface area contributed by atoms with Crippen LogP contribution in [0.15, 0.2) is 60.7 Å². The van der Waals surface area contributed by atoms with Crippen LogP contribution in [0, 0.1) is 13.8 Å². The third-order valence-corrected chi connectivity index (χ3v) is 17.6. The fourth-order valence-electron chi connectivity index (χ4n) is 4.40. The van der Waals surface area contributed by atoms with Gasteiger partial charge in [-0.3, -0.25) is 0 Å². The van der Waals surface area contributed by atoms with Crippen LogP contribution in [-0.4, -0.2) is 16.6 Å². The van der Waals surface area contributed by atoms with Crippen LogP contribution in [0.1, 0.15) is 52.7 Å². The molecule has 0 unspecified atom stereocenters. The summed E-state index contributed by atoms with van der Waals surface area (Å²) >= 11 is 0. The zero-order chi connectivity index (χ0) is 28.3. The third kappa shape index (κ3) is 5.30. The maximum atomic E-state index is 7.11. The van der Waals surface area contributed by atoms with Crippen molar-refractivity contribution in [3.8, 4) is 22.6 Å². The zero-order valence-corrected chi connectivity index (χ0v) is 27.6. The van der Waals surface area contributed by atoms with E-state index < -0.39 is 16.6 Å². The lowest BCUT2D eigenvalue weighted by Crippen LogP contribution is -2.44. The fourth-order valence-corrected chi connectivity index (χ4v) is 6.45. The van der Waals surface area contributed by atoms with E-state index in [2.05, 4.69) is 142 Å². The van der Waals surface area contributed by atoms with Crippen LogP contribution in [0.2, 0.25) is 36.3 Å². The van der Waals surface area contributed by atoms with E-state index in [9.17, 15) is 0 Å². The molecule has 0 aromatic heterocycles. The lowest BCUT2D eigenvalue weighted by molar-refractivity contribution is 0.489. The Morgan fingerprint density at radius 3 is 1.16 bits per heavy atom. The minimum atomic E-state index is -2.11. The van der Waals surface area contributed by atoms with Gasteiger partial charge in [0.15, 0.2) is 0 Å². The summed E-state index contributed by atoms with van der Waals surface area (Å²) in [6.45, 7) is 27.4. The Bertz CT molecular complexity index is 1390. The maximum absolute atomic E-state index is 7.11. The molecule has 4 aromatic carbocycles. The Morgan fingerprint density at radius 2 is 0.842 bits per heavy atom. The number of benzene rings is 4. The van der Waals surface area contributed by atoms with Gasteiger partial charge >= 0.3 is 0 Å². The van der Waals surface area contributed by atoms with Gasteiger partial charge in [-0.1, -0.05) is 101 Å². The molecule has 0 saturated carbocycles. The van der Waals surface area contributed by atoms with Crippen LogP contribution in [0.3, 0.4) is 0 Å². The molecule has 0 aliphatic heterocycles. The summed E-state index contributed by atoms with van der Waals surface area (Å²) in [4.78, 5) is 0. The van der Waals surface area contributed by atoms with Gasteiger partial charge in [-0.2, -0.15) is 0 Å². The van der Waals surface area contributed by atoms with E-state index in [-0.39, 0.29) is 10.1 Å². The van der Waals surface area contributed by atoms with Gasteiger partial charge in [-0.25, -0.2) is 0 Å². The summed E-state index contributed by atoms with van der Waals surface area (Å²) in [5.74, 6) is 1.92. The molecule has 0 amide bonds. The SMILES string of the molecule is Cc1ccc2c(-c3c(O[Si](C)(C)C(C)(C)C)ccc4cc(C)ccc34)c(O[Si](C)(C)C(C)(C)C)ccc2c1. The molecule has 0 spiro atoms. The Balaban J connectivity index is 2.13. The fraction of sp³-hybridized carbons (Fsp3) is 0.412. The van der Waals surface area contributed by atoms with E-state index in [4.69, 9.17) is 8.85 Å². The van der Waals surface area contributed by atoms with Crippen molar-refractivity contribution in [1.29, 1.82) is 0 Å². The molecule has 4 aromatic rings. The molecule has 38 heavy (non-hydrogen) atoms. The highest BCUT2D eigenvalue weighted by atomic mass is 28.4. The zero-order valence-electron chi connectivity index (χ0n) is 25.6. The number of hydrogen-bond acceptors (Lipinski definition) is 2. The quantitative estimate of drug-likeness (QED) is 0.233. The molecule has 0 heterocycles. The highest BCUT2D eigenvalue weighted by molar-refractivity contribution is 6.75. The van der Waals surface area contributed by atoms with Crippen molar-refractivity contribution < 1.29 is 8.85 Å². The number of aryl methyl sites for hydroxylation is 2. The van der Waals surface area contributed by atoms with Crippen LogP contribution in [-0.2, 0) is 0 Å². The molecular weight excluding hydrogens is 497 g/mol. The second-order valence-electron chi connectivity index (χ2n) is 14.1. The summed E-state index contributed by atoms with van der Waals surface area (Å²) in [5.41, 5.74) is 4.81. The number of fused-ring (bicyclic) bond motifs is 2. The highest BCUT2D eigenvalue weighted by Crippen LogP contribution is 2.49. The van der Waals surface area contributed by atoms with Crippen molar-refractivity contribution in [3.63, 3.8) is 0 Å². The number of rotatable bonds is 5.